The number of hydrogen-bond donors (Lipinski definition) is 2. The highest BCUT2D eigenvalue weighted by Gasteiger charge is 2.06. The molecule has 0 unspecified atom stereocenters. The molecule has 0 aliphatic rings. The van der Waals surface area contributed by atoms with E-state index in [9.17, 15) is 4.39 Å². The molecule has 0 radical (unpaired) electrons. The molecule has 3 N–H and O–H groups in total. The molecule has 0 atom stereocenters. The monoisotopic (exact) mass is 324 g/mol. The number of hydrogen-bond acceptors (Lipinski definition) is 4. The van der Waals surface area contributed by atoms with Gasteiger partial charge in [0.15, 0.2) is 0 Å². The summed E-state index contributed by atoms with van der Waals surface area (Å²) in [6, 6.07) is 6.03. The van der Waals surface area contributed by atoms with E-state index in [1.54, 1.807) is 12.1 Å². The molecule has 4 nitrogen and oxygen atoms in total. The molecule has 1 aromatic heterocycles. The average Bonchev–Trinajstić information content (AvgIpc) is 2.33. The Morgan fingerprint density at radius 1 is 1.32 bits per heavy atom. The summed E-state index contributed by atoms with van der Waals surface area (Å²) in [5.41, 5.74) is 6.33. The average molecular weight is 325 g/mol. The van der Waals surface area contributed by atoms with Gasteiger partial charge in [0.25, 0.3) is 0 Å². The van der Waals surface area contributed by atoms with Crippen LogP contribution in [0.4, 0.5) is 21.7 Å². The van der Waals surface area contributed by atoms with Crippen LogP contribution >= 0.6 is 15.9 Å². The Bertz CT molecular complexity index is 589. The summed E-state index contributed by atoms with van der Waals surface area (Å²) in [6.45, 7) is 2.04. The Morgan fingerprint density at radius 2 is 2.11 bits per heavy atom. The fraction of sp³-hybridized carbons (Fsp3) is 0.231. The van der Waals surface area contributed by atoms with Crippen LogP contribution in [0.2, 0.25) is 0 Å². The highest BCUT2D eigenvalue weighted by molar-refractivity contribution is 9.10. The van der Waals surface area contributed by atoms with Crippen molar-refractivity contribution < 1.29 is 4.39 Å². The zero-order chi connectivity index (χ0) is 13.8. The van der Waals surface area contributed by atoms with Gasteiger partial charge in [-0.1, -0.05) is 6.92 Å². The Balaban J connectivity index is 2.29. The van der Waals surface area contributed by atoms with Crippen LogP contribution in [0.25, 0.3) is 0 Å². The van der Waals surface area contributed by atoms with Crippen LogP contribution in [-0.2, 0) is 6.42 Å². The number of nitrogens with one attached hydrogen (secondary N) is 1. The van der Waals surface area contributed by atoms with Crippen LogP contribution in [0.5, 0.6) is 0 Å². The number of nitrogens with zero attached hydrogens (tertiary/aromatic N) is 2. The topological polar surface area (TPSA) is 63.8 Å². The SMILES string of the molecule is CCCc1nc(N)cc(Nc2cc(F)ccc2Br)n1. The Morgan fingerprint density at radius 3 is 2.84 bits per heavy atom. The Labute approximate surface area is 119 Å². The number of benzene rings is 1. The summed E-state index contributed by atoms with van der Waals surface area (Å²) in [5.74, 6) is 1.31. The summed E-state index contributed by atoms with van der Waals surface area (Å²) in [4.78, 5) is 8.49. The van der Waals surface area contributed by atoms with E-state index in [-0.39, 0.29) is 5.82 Å². The van der Waals surface area contributed by atoms with Gasteiger partial charge in [-0.2, -0.15) is 0 Å². The summed E-state index contributed by atoms with van der Waals surface area (Å²) in [5, 5.41) is 3.03. The van der Waals surface area contributed by atoms with Crippen molar-refractivity contribution in [3.8, 4) is 0 Å². The molecule has 0 fully saturated rings. The normalized spacial score (nSPS) is 10.5. The van der Waals surface area contributed by atoms with Gasteiger partial charge in [-0.05, 0) is 40.5 Å². The van der Waals surface area contributed by atoms with Crippen molar-refractivity contribution in [1.29, 1.82) is 0 Å². The molecule has 1 aromatic carbocycles. The zero-order valence-electron chi connectivity index (χ0n) is 10.5. The maximum absolute atomic E-state index is 13.2. The standard InChI is InChI=1S/C13H14BrFN4/c1-2-3-12-18-11(16)7-13(19-12)17-10-6-8(15)4-5-9(10)14/h4-7H,2-3H2,1H3,(H3,16,17,18,19). The summed E-state index contributed by atoms with van der Waals surface area (Å²) in [7, 11) is 0. The van der Waals surface area contributed by atoms with Crippen molar-refractivity contribution in [3.05, 3.63) is 40.4 Å². The van der Waals surface area contributed by atoms with E-state index >= 15 is 0 Å². The maximum Gasteiger partial charge on any atom is 0.136 e. The largest absolute Gasteiger partial charge is 0.384 e. The van der Waals surface area contributed by atoms with Crippen LogP contribution in [0, 0.1) is 5.82 Å². The number of rotatable bonds is 4. The predicted molar refractivity (Wildman–Crippen MR) is 77.8 cm³/mol. The predicted octanol–water partition coefficient (Wildman–Crippen LogP) is 3.66. The van der Waals surface area contributed by atoms with Crippen LogP contribution in [-0.4, -0.2) is 9.97 Å². The van der Waals surface area contributed by atoms with Crippen LogP contribution in [0.3, 0.4) is 0 Å². The fourth-order valence-corrected chi connectivity index (χ4v) is 1.99. The van der Waals surface area contributed by atoms with E-state index in [4.69, 9.17) is 5.73 Å². The molecule has 0 saturated carbocycles. The molecule has 0 amide bonds. The molecule has 0 bridgehead atoms. The molecule has 0 aliphatic heterocycles. The number of halogens is 2. The first-order valence-corrected chi connectivity index (χ1v) is 6.73. The number of aryl methyl sites for hydroxylation is 1. The van der Waals surface area contributed by atoms with Crippen molar-refractivity contribution in [1.82, 2.24) is 9.97 Å². The minimum Gasteiger partial charge on any atom is -0.384 e. The van der Waals surface area contributed by atoms with Gasteiger partial charge in [0.05, 0.1) is 5.69 Å². The molecule has 6 heteroatoms. The highest BCUT2D eigenvalue weighted by Crippen LogP contribution is 2.26. The summed E-state index contributed by atoms with van der Waals surface area (Å²) in [6.07, 6.45) is 1.69. The van der Waals surface area contributed by atoms with Crippen molar-refractivity contribution in [3.63, 3.8) is 0 Å². The van der Waals surface area contributed by atoms with Gasteiger partial charge in [0.2, 0.25) is 0 Å². The lowest BCUT2D eigenvalue weighted by Gasteiger charge is -2.09. The van der Waals surface area contributed by atoms with E-state index < -0.39 is 0 Å². The second-order valence-corrected chi connectivity index (χ2v) is 4.95. The molecule has 0 spiro atoms. The fourth-order valence-electron chi connectivity index (χ4n) is 1.65. The van der Waals surface area contributed by atoms with Gasteiger partial charge in [0.1, 0.15) is 23.3 Å². The minimum atomic E-state index is -0.318. The van der Waals surface area contributed by atoms with Gasteiger partial charge < -0.3 is 11.1 Å². The zero-order valence-corrected chi connectivity index (χ0v) is 12.0. The van der Waals surface area contributed by atoms with Crippen molar-refractivity contribution >= 4 is 33.3 Å². The third-order valence-corrected chi connectivity index (χ3v) is 3.15. The first kappa shape index (κ1) is 13.7. The van der Waals surface area contributed by atoms with Crippen molar-refractivity contribution in [2.75, 3.05) is 11.1 Å². The Kier molecular flexibility index (Phi) is 4.31. The number of aromatic nitrogens is 2. The van der Waals surface area contributed by atoms with Crippen LogP contribution < -0.4 is 11.1 Å². The lowest BCUT2D eigenvalue weighted by molar-refractivity contribution is 0.628. The van der Waals surface area contributed by atoms with Crippen LogP contribution in [0.1, 0.15) is 19.2 Å². The molecule has 0 aliphatic carbocycles. The van der Waals surface area contributed by atoms with Crippen molar-refractivity contribution in [2.45, 2.75) is 19.8 Å². The highest BCUT2D eigenvalue weighted by atomic mass is 79.9. The minimum absolute atomic E-state index is 0.318. The third kappa shape index (κ3) is 3.64. The summed E-state index contributed by atoms with van der Waals surface area (Å²) >= 11 is 3.35. The number of anilines is 3. The molecule has 0 saturated heterocycles. The molecular formula is C13H14BrFN4. The summed E-state index contributed by atoms with van der Waals surface area (Å²) < 4.78 is 14.0. The van der Waals surface area contributed by atoms with E-state index in [0.29, 0.717) is 23.1 Å². The van der Waals surface area contributed by atoms with E-state index in [2.05, 4.69) is 31.2 Å². The first-order chi connectivity index (χ1) is 9.08. The maximum atomic E-state index is 13.2. The van der Waals surface area contributed by atoms with Gasteiger partial charge in [-0.3, -0.25) is 0 Å². The first-order valence-electron chi connectivity index (χ1n) is 5.94. The molecule has 100 valence electrons. The molecule has 1 heterocycles. The molecule has 19 heavy (non-hydrogen) atoms. The Hall–Kier alpha value is -1.69. The molecule has 2 rings (SSSR count). The van der Waals surface area contributed by atoms with Crippen LogP contribution in [0.15, 0.2) is 28.7 Å². The van der Waals surface area contributed by atoms with Gasteiger partial charge >= 0.3 is 0 Å². The van der Waals surface area contributed by atoms with E-state index in [1.165, 1.54) is 12.1 Å². The lowest BCUT2D eigenvalue weighted by Crippen LogP contribution is -2.03. The van der Waals surface area contributed by atoms with E-state index in [0.717, 1.165) is 17.3 Å². The second-order valence-electron chi connectivity index (χ2n) is 4.09. The smallest absolute Gasteiger partial charge is 0.136 e. The number of nitrogen functional groups attached to an aromatic ring is 1. The van der Waals surface area contributed by atoms with E-state index in [1.807, 2.05) is 6.92 Å². The van der Waals surface area contributed by atoms with Gasteiger partial charge in [-0.15, -0.1) is 0 Å². The van der Waals surface area contributed by atoms with Gasteiger partial charge in [-0.25, -0.2) is 14.4 Å². The van der Waals surface area contributed by atoms with Gasteiger partial charge in [0, 0.05) is 17.0 Å². The van der Waals surface area contributed by atoms with Crippen molar-refractivity contribution in [2.24, 2.45) is 0 Å². The third-order valence-electron chi connectivity index (χ3n) is 2.46. The second kappa shape index (κ2) is 5.97. The number of nitrogens with two attached hydrogens (primary N) is 1. The quantitative estimate of drug-likeness (QED) is 0.900. The lowest BCUT2D eigenvalue weighted by atomic mass is 10.3. The molecular weight excluding hydrogens is 311 g/mol. The molecule has 2 aromatic rings.